The molecule has 5 heterocycles. The molecular formula is C42H55N11O10S2. The van der Waals surface area contributed by atoms with Crippen LogP contribution in [-0.2, 0) is 49.7 Å². The monoisotopic (exact) mass is 937 g/mol. The van der Waals surface area contributed by atoms with E-state index in [0.29, 0.717) is 19.4 Å². The van der Waals surface area contributed by atoms with Gasteiger partial charge in [-0.2, -0.15) is 0 Å². The lowest BCUT2D eigenvalue weighted by Gasteiger charge is -2.33. The number of amides is 7. The van der Waals surface area contributed by atoms with Crippen molar-refractivity contribution in [3.63, 3.8) is 0 Å². The zero-order valence-electron chi connectivity index (χ0n) is 36.0. The zero-order chi connectivity index (χ0) is 46.6. The van der Waals surface area contributed by atoms with E-state index in [1.807, 2.05) is 78.3 Å². The van der Waals surface area contributed by atoms with Crippen LogP contribution < -0.4 is 32.3 Å². The van der Waals surface area contributed by atoms with Crippen LogP contribution in [-0.4, -0.2) is 152 Å². The van der Waals surface area contributed by atoms with Crippen molar-refractivity contribution in [2.75, 3.05) is 38.2 Å². The summed E-state index contributed by atoms with van der Waals surface area (Å²) in [5.41, 5.74) is 7.46. The topological polar surface area (TPSA) is 281 Å². The molecule has 1 aromatic carbocycles. The van der Waals surface area contributed by atoms with Crippen LogP contribution in [0.1, 0.15) is 51.0 Å². The smallest absolute Gasteiger partial charge is 0.305 e. The Morgan fingerprint density at radius 3 is 2.49 bits per heavy atom. The number of hydrazine groups is 1. The molecule has 350 valence electrons. The number of carboxylic acids is 1. The minimum Gasteiger partial charge on any atom is -0.481 e. The Morgan fingerprint density at radius 1 is 0.923 bits per heavy atom. The number of para-hydroxylation sites is 1. The third-order valence-corrected chi connectivity index (χ3v) is 13.6. The third kappa shape index (κ3) is 13.0. The Morgan fingerprint density at radius 2 is 1.71 bits per heavy atom. The number of primary amides is 1. The number of aliphatic carboxylic acids is 1. The van der Waals surface area contributed by atoms with E-state index in [-0.39, 0.29) is 43.9 Å². The minimum absolute atomic E-state index is 0.0115. The molecule has 6 unspecified atom stereocenters. The Kier molecular flexibility index (Phi) is 16.8. The maximum Gasteiger partial charge on any atom is 0.305 e. The van der Waals surface area contributed by atoms with E-state index in [1.54, 1.807) is 0 Å². The second-order valence-electron chi connectivity index (χ2n) is 15.9. The normalized spacial score (nSPS) is 25.3. The largest absolute Gasteiger partial charge is 0.481 e. The molecule has 0 bridgehead atoms. The van der Waals surface area contributed by atoms with E-state index in [1.165, 1.54) is 33.4 Å². The van der Waals surface area contributed by atoms with Crippen molar-refractivity contribution in [2.24, 2.45) is 5.73 Å². The van der Waals surface area contributed by atoms with Gasteiger partial charge in [0.05, 0.1) is 25.7 Å². The van der Waals surface area contributed by atoms with Gasteiger partial charge in [0.1, 0.15) is 36.0 Å². The highest BCUT2D eigenvalue weighted by atomic mass is 33.1. The quantitative estimate of drug-likeness (QED) is 0.108. The summed E-state index contributed by atoms with van der Waals surface area (Å²) >= 11 is 0. The number of carboxylic acid groups (broad SMARTS) is 1. The molecule has 0 saturated carbocycles. The van der Waals surface area contributed by atoms with Crippen LogP contribution in [0.2, 0.25) is 0 Å². The maximum atomic E-state index is 14.1. The third-order valence-electron chi connectivity index (χ3n) is 11.2. The van der Waals surface area contributed by atoms with Crippen molar-refractivity contribution < 1.29 is 48.2 Å². The van der Waals surface area contributed by atoms with Crippen molar-refractivity contribution in [1.82, 2.24) is 51.4 Å². The van der Waals surface area contributed by atoms with E-state index in [4.69, 9.17) is 10.5 Å². The number of nitrogens with zero attached hydrogens (tertiary/aromatic N) is 4. The molecule has 23 heteroatoms. The highest BCUT2D eigenvalue weighted by molar-refractivity contribution is 8.76. The number of benzene rings is 1. The number of hydrogen-bond donors (Lipinski definition) is 8. The SMILES string of the molecule is CC1NC(=O)C(CC(=O)O)NC(=O)CNC(=O)C(CCCCN2C=CN3C2=CC=CN3C)NC(=O)CCSSCC(C(N)=O)NC(=O)C2CC(OCc3c[nH]c4ccccc34)CN2C1=O. The molecular weight excluding hydrogens is 883 g/mol. The molecule has 65 heavy (non-hydrogen) atoms. The number of nitrogens with one attached hydrogen (secondary N) is 6. The van der Waals surface area contributed by atoms with E-state index in [0.717, 1.165) is 22.3 Å². The summed E-state index contributed by atoms with van der Waals surface area (Å²) in [5, 5.41) is 27.2. The highest BCUT2D eigenvalue weighted by Crippen LogP contribution is 2.28. The minimum atomic E-state index is -1.66. The summed E-state index contributed by atoms with van der Waals surface area (Å²) in [6.07, 6.45) is 11.4. The summed E-state index contributed by atoms with van der Waals surface area (Å²) in [7, 11) is 4.38. The summed E-state index contributed by atoms with van der Waals surface area (Å²) in [4.78, 5) is 112. The molecule has 2 aromatic rings. The van der Waals surface area contributed by atoms with Gasteiger partial charge in [-0.25, -0.2) is 5.01 Å². The van der Waals surface area contributed by atoms with Crippen molar-refractivity contribution in [1.29, 1.82) is 0 Å². The van der Waals surface area contributed by atoms with Gasteiger partial charge >= 0.3 is 5.97 Å². The van der Waals surface area contributed by atoms with Crippen LogP contribution >= 0.6 is 21.6 Å². The number of carbonyl (C=O) groups excluding carboxylic acids is 7. The van der Waals surface area contributed by atoms with Crippen molar-refractivity contribution in [2.45, 2.75) is 88.4 Å². The Labute approximate surface area is 383 Å². The summed E-state index contributed by atoms with van der Waals surface area (Å²) < 4.78 is 6.21. The molecule has 21 nitrogen and oxygen atoms in total. The Balaban J connectivity index is 1.13. The molecule has 6 atom stereocenters. The summed E-state index contributed by atoms with van der Waals surface area (Å²) in [6.45, 7) is 1.42. The number of H-pyrrole nitrogens is 1. The second-order valence-corrected chi connectivity index (χ2v) is 18.5. The van der Waals surface area contributed by atoms with E-state index in [2.05, 4.69) is 36.5 Å². The number of ether oxygens (including phenoxy) is 1. The predicted octanol–water partition coefficient (Wildman–Crippen LogP) is -0.0510. The van der Waals surface area contributed by atoms with E-state index in [9.17, 15) is 43.5 Å². The molecule has 4 aliphatic heterocycles. The molecule has 6 rings (SSSR count). The van der Waals surface area contributed by atoms with E-state index >= 15 is 0 Å². The number of unbranched alkanes of at least 4 members (excludes halogenated alkanes) is 1. The maximum absolute atomic E-state index is 14.1. The summed E-state index contributed by atoms with van der Waals surface area (Å²) in [5.74, 6) is -5.38. The van der Waals surface area contributed by atoms with Crippen LogP contribution in [0.4, 0.5) is 0 Å². The number of fused-ring (bicyclic) bond motifs is 3. The first-order valence-electron chi connectivity index (χ1n) is 21.2. The fourth-order valence-electron chi connectivity index (χ4n) is 7.73. The number of aromatic amines is 1. The number of nitrogens with two attached hydrogens (primary N) is 1. The van der Waals surface area contributed by atoms with Gasteiger partial charge < -0.3 is 56.9 Å². The molecule has 7 amide bonds. The van der Waals surface area contributed by atoms with Gasteiger partial charge in [0, 0.05) is 85.7 Å². The van der Waals surface area contributed by atoms with Crippen LogP contribution in [0.15, 0.2) is 67.0 Å². The first-order valence-corrected chi connectivity index (χ1v) is 23.7. The number of rotatable bonds is 11. The van der Waals surface area contributed by atoms with Crippen LogP contribution in [0.25, 0.3) is 10.9 Å². The lowest BCUT2D eigenvalue weighted by Crippen LogP contribution is -2.58. The van der Waals surface area contributed by atoms with Gasteiger partial charge in [-0.05, 0) is 44.4 Å². The van der Waals surface area contributed by atoms with Gasteiger partial charge in [-0.3, -0.25) is 43.4 Å². The van der Waals surface area contributed by atoms with Gasteiger partial charge in [0.25, 0.3) is 0 Å². The number of aromatic nitrogens is 1. The van der Waals surface area contributed by atoms with Gasteiger partial charge in [-0.1, -0.05) is 39.8 Å². The lowest BCUT2D eigenvalue weighted by atomic mass is 10.1. The average molecular weight is 938 g/mol. The summed E-state index contributed by atoms with van der Waals surface area (Å²) in [6, 6.07) is 1.31. The fraction of sp³-hybridized carbons (Fsp3) is 0.476. The molecule has 2 fully saturated rings. The van der Waals surface area contributed by atoms with Crippen molar-refractivity contribution >= 4 is 79.8 Å². The molecule has 9 N–H and O–H groups in total. The zero-order valence-corrected chi connectivity index (χ0v) is 37.7. The first-order chi connectivity index (χ1) is 31.2. The predicted molar refractivity (Wildman–Crippen MR) is 241 cm³/mol. The molecule has 1 aromatic heterocycles. The molecule has 0 aliphatic carbocycles. The molecule has 2 saturated heterocycles. The number of carbonyl (C=O) groups is 8. The molecule has 4 aliphatic rings. The van der Waals surface area contributed by atoms with Gasteiger partial charge in [0.15, 0.2) is 0 Å². The number of hydrogen-bond acceptors (Lipinski definition) is 14. The molecule has 0 radical (unpaired) electrons. The van der Waals surface area contributed by atoms with Gasteiger partial charge in [-0.15, -0.1) is 0 Å². The van der Waals surface area contributed by atoms with Crippen LogP contribution in [0.5, 0.6) is 0 Å². The number of allylic oxidation sites excluding steroid dienone is 2. The van der Waals surface area contributed by atoms with E-state index < -0.39 is 96.6 Å². The molecule has 0 spiro atoms. The lowest BCUT2D eigenvalue weighted by molar-refractivity contribution is -0.143. The Hall–Kier alpha value is -6.20. The van der Waals surface area contributed by atoms with Crippen LogP contribution in [0, 0.1) is 0 Å². The van der Waals surface area contributed by atoms with Crippen LogP contribution in [0.3, 0.4) is 0 Å². The Bertz CT molecular complexity index is 2220. The fourth-order valence-corrected chi connectivity index (χ4v) is 9.90. The standard InChI is InChI=1S/C42H55N11O10S2/c1-25-42(62)52-22-27(63-23-26-20-44-29-9-4-3-8-28(26)29)18-33(52)41(61)49-32(38(43)58)24-65-64-17-12-34(54)47-30(10-5-6-14-51-15-16-53-36(51)11-7-13-50(53)2)39(59)45-21-35(55)48-31(19-37(56)57)40(60)46-25/h3-4,7-9,11,13,15-16,20,25,27,30-33,44H,5-6,10,12,14,17-19,21-24H2,1-2H3,(H2,43,58)(H,45,59)(H,46,60)(H,47,54)(H,48,55)(H,49,61)(H,56,57). The second kappa shape index (κ2) is 22.6. The highest BCUT2D eigenvalue weighted by Gasteiger charge is 2.43. The first kappa shape index (κ1) is 48.3. The van der Waals surface area contributed by atoms with Crippen molar-refractivity contribution in [3.8, 4) is 0 Å². The average Bonchev–Trinajstić information content (AvgIpc) is 4.02. The van der Waals surface area contributed by atoms with Crippen molar-refractivity contribution in [3.05, 3.63) is 72.6 Å². The van der Waals surface area contributed by atoms with Gasteiger partial charge in [0.2, 0.25) is 41.4 Å².